The molecule has 2 fully saturated rings. The molecule has 3 heterocycles. The van der Waals surface area contributed by atoms with Crippen molar-refractivity contribution in [2.75, 3.05) is 12.9 Å². The number of nitrogens with zero attached hydrogens (tertiary/aromatic N) is 1. The minimum absolute atomic E-state index is 0.0404. The summed E-state index contributed by atoms with van der Waals surface area (Å²) >= 11 is 2.94. The number of halogens is 1. The van der Waals surface area contributed by atoms with Gasteiger partial charge in [0.25, 0.3) is 0 Å². The molecule has 2 bridgehead atoms. The van der Waals surface area contributed by atoms with Crippen LogP contribution in [-0.4, -0.2) is 44.4 Å². The first-order valence-corrected chi connectivity index (χ1v) is 13.4. The lowest BCUT2D eigenvalue weighted by molar-refractivity contribution is -0.0435. The fourth-order valence-electron chi connectivity index (χ4n) is 5.16. The summed E-state index contributed by atoms with van der Waals surface area (Å²) in [7, 11) is -1.15. The minimum atomic E-state index is -3.37. The van der Waals surface area contributed by atoms with Crippen LogP contribution < -0.4 is 0 Å². The molecular formula is C23H28BrNO3S. The van der Waals surface area contributed by atoms with Crippen molar-refractivity contribution in [2.24, 2.45) is 0 Å². The van der Waals surface area contributed by atoms with Gasteiger partial charge in [-0.05, 0) is 55.8 Å². The van der Waals surface area contributed by atoms with Crippen LogP contribution >= 0.6 is 15.9 Å². The fourth-order valence-corrected chi connectivity index (χ4v) is 6.81. The predicted octanol–water partition coefficient (Wildman–Crippen LogP) is 4.72. The van der Waals surface area contributed by atoms with E-state index < -0.39 is 9.84 Å². The SMILES string of the molecule is CBr.CN1[C@@H]2CC[C@H]1CC(OC1c3ccccc3CS(=O)(=O)c3ccccc31)C2. The van der Waals surface area contributed by atoms with Crippen molar-refractivity contribution >= 4 is 25.8 Å². The molecule has 29 heavy (non-hydrogen) atoms. The summed E-state index contributed by atoms with van der Waals surface area (Å²) < 4.78 is 32.7. The quantitative estimate of drug-likeness (QED) is 0.587. The monoisotopic (exact) mass is 477 g/mol. The maximum atomic E-state index is 13.0. The Morgan fingerprint density at radius 2 is 1.52 bits per heavy atom. The Balaban J connectivity index is 0.000000994. The average Bonchev–Trinajstić information content (AvgIpc) is 2.91. The van der Waals surface area contributed by atoms with Gasteiger partial charge in [0.15, 0.2) is 9.84 Å². The zero-order valence-electron chi connectivity index (χ0n) is 16.9. The lowest BCUT2D eigenvalue weighted by atomic mass is 9.95. The number of alkyl halides is 1. The smallest absolute Gasteiger partial charge is 0.182 e. The molecular weight excluding hydrogens is 450 g/mol. The Labute approximate surface area is 182 Å². The molecule has 156 valence electrons. The number of sulfone groups is 1. The third-order valence-electron chi connectivity index (χ3n) is 6.60. The van der Waals surface area contributed by atoms with Crippen LogP contribution in [0.4, 0.5) is 0 Å². The van der Waals surface area contributed by atoms with E-state index in [1.165, 1.54) is 12.8 Å². The van der Waals surface area contributed by atoms with E-state index in [9.17, 15) is 8.42 Å². The highest BCUT2D eigenvalue weighted by Crippen LogP contribution is 2.42. The van der Waals surface area contributed by atoms with E-state index in [2.05, 4.69) is 27.9 Å². The maximum absolute atomic E-state index is 13.0. The predicted molar refractivity (Wildman–Crippen MR) is 119 cm³/mol. The molecule has 3 aliphatic rings. The maximum Gasteiger partial charge on any atom is 0.182 e. The Bertz CT molecular complexity index is 964. The van der Waals surface area contributed by atoms with E-state index >= 15 is 0 Å². The number of hydrogen-bond acceptors (Lipinski definition) is 4. The van der Waals surface area contributed by atoms with Gasteiger partial charge >= 0.3 is 0 Å². The lowest BCUT2D eigenvalue weighted by Gasteiger charge is -2.38. The summed E-state index contributed by atoms with van der Waals surface area (Å²) in [5, 5.41) is 0. The van der Waals surface area contributed by atoms with Crippen LogP contribution in [-0.2, 0) is 20.3 Å². The molecule has 0 amide bonds. The molecule has 0 N–H and O–H groups in total. The second kappa shape index (κ2) is 8.50. The summed E-state index contributed by atoms with van der Waals surface area (Å²) in [5.74, 6) is 1.85. The van der Waals surface area contributed by atoms with E-state index in [4.69, 9.17) is 4.74 Å². The van der Waals surface area contributed by atoms with Crippen LogP contribution in [0.25, 0.3) is 0 Å². The first-order chi connectivity index (χ1) is 14.0. The van der Waals surface area contributed by atoms with Crippen molar-refractivity contribution in [2.45, 2.75) is 60.6 Å². The van der Waals surface area contributed by atoms with Crippen LogP contribution in [0.3, 0.4) is 0 Å². The Hall–Kier alpha value is -1.21. The fraction of sp³-hybridized carbons (Fsp3) is 0.478. The number of ether oxygens (including phenoxy) is 1. The molecule has 4 nitrogen and oxygen atoms in total. The van der Waals surface area contributed by atoms with E-state index in [0.29, 0.717) is 17.0 Å². The Morgan fingerprint density at radius 1 is 0.931 bits per heavy atom. The van der Waals surface area contributed by atoms with Crippen LogP contribution in [0, 0.1) is 0 Å². The molecule has 0 radical (unpaired) electrons. The van der Waals surface area contributed by atoms with Gasteiger partial charge in [0.05, 0.1) is 16.8 Å². The van der Waals surface area contributed by atoms with E-state index in [0.717, 1.165) is 29.5 Å². The standard InChI is InChI=1S/C22H25NO3S.CH3Br/c1-23-16-10-11-17(23)13-18(12-16)26-22-19-7-3-2-6-15(19)14-27(24,25)21-9-5-4-8-20(21)22;1-2/h2-9,16-18,22H,10-14H2,1H3;1H3/t16-,17+,18?,22?;. The van der Waals surface area contributed by atoms with Gasteiger partial charge in [-0.2, -0.15) is 0 Å². The molecule has 2 unspecified atom stereocenters. The Morgan fingerprint density at radius 3 is 2.21 bits per heavy atom. The van der Waals surface area contributed by atoms with Crippen LogP contribution in [0.5, 0.6) is 0 Å². The molecule has 2 aromatic carbocycles. The van der Waals surface area contributed by atoms with Gasteiger partial charge in [-0.1, -0.05) is 58.4 Å². The number of fused-ring (bicyclic) bond motifs is 4. The number of piperidine rings is 1. The molecule has 6 heteroatoms. The minimum Gasteiger partial charge on any atom is -0.365 e. The van der Waals surface area contributed by atoms with Crippen LogP contribution in [0.2, 0.25) is 0 Å². The zero-order valence-corrected chi connectivity index (χ0v) is 19.3. The van der Waals surface area contributed by atoms with Gasteiger partial charge in [0.2, 0.25) is 0 Å². The van der Waals surface area contributed by atoms with E-state index in [-0.39, 0.29) is 18.0 Å². The first kappa shape index (κ1) is 21.0. The van der Waals surface area contributed by atoms with Crippen LogP contribution in [0.1, 0.15) is 48.5 Å². The summed E-state index contributed by atoms with van der Waals surface area (Å²) in [4.78, 5) is 2.92. The molecule has 2 aromatic rings. The van der Waals surface area contributed by atoms with E-state index in [1.54, 1.807) is 12.1 Å². The van der Waals surface area contributed by atoms with Gasteiger partial charge in [-0.15, -0.1) is 0 Å². The zero-order chi connectivity index (χ0) is 20.6. The number of hydrogen-bond donors (Lipinski definition) is 0. The third kappa shape index (κ3) is 3.92. The van der Waals surface area contributed by atoms with Crippen molar-refractivity contribution in [3.8, 4) is 0 Å². The molecule has 0 spiro atoms. The highest BCUT2D eigenvalue weighted by atomic mass is 79.9. The summed E-state index contributed by atoms with van der Waals surface area (Å²) in [6, 6.07) is 16.4. The van der Waals surface area contributed by atoms with Crippen LogP contribution in [0.15, 0.2) is 53.4 Å². The van der Waals surface area contributed by atoms with Gasteiger partial charge in [-0.25, -0.2) is 8.42 Å². The molecule has 3 aliphatic heterocycles. The molecule has 2 saturated heterocycles. The second-order valence-corrected chi connectivity index (χ2v) is 10.1. The molecule has 0 aliphatic carbocycles. The van der Waals surface area contributed by atoms with E-state index in [1.807, 2.05) is 42.2 Å². The first-order valence-electron chi connectivity index (χ1n) is 10.2. The van der Waals surface area contributed by atoms with Gasteiger partial charge < -0.3 is 9.64 Å². The molecule has 5 rings (SSSR count). The summed E-state index contributed by atoms with van der Waals surface area (Å²) in [5.41, 5.74) is 2.64. The van der Waals surface area contributed by atoms with Crippen molar-refractivity contribution < 1.29 is 13.2 Å². The third-order valence-corrected chi connectivity index (χ3v) is 8.34. The topological polar surface area (TPSA) is 46.6 Å². The van der Waals surface area contributed by atoms with Crippen molar-refractivity contribution in [3.05, 3.63) is 65.2 Å². The molecule has 0 aromatic heterocycles. The number of benzene rings is 2. The highest BCUT2D eigenvalue weighted by Gasteiger charge is 2.41. The summed E-state index contributed by atoms with van der Waals surface area (Å²) in [6.07, 6.45) is 4.40. The Kier molecular flexibility index (Phi) is 6.17. The lowest BCUT2D eigenvalue weighted by Crippen LogP contribution is -2.43. The van der Waals surface area contributed by atoms with Gasteiger partial charge in [0.1, 0.15) is 6.10 Å². The van der Waals surface area contributed by atoms with Gasteiger partial charge in [0, 0.05) is 17.6 Å². The second-order valence-electron chi connectivity index (χ2n) is 8.16. The molecule has 0 saturated carbocycles. The number of rotatable bonds is 2. The highest BCUT2D eigenvalue weighted by molar-refractivity contribution is 9.08. The van der Waals surface area contributed by atoms with Gasteiger partial charge in [-0.3, -0.25) is 0 Å². The molecule has 4 atom stereocenters. The normalized spacial score (nSPS) is 29.8. The largest absolute Gasteiger partial charge is 0.365 e. The van der Waals surface area contributed by atoms with Crippen molar-refractivity contribution in [3.63, 3.8) is 0 Å². The van der Waals surface area contributed by atoms with Crippen molar-refractivity contribution in [1.29, 1.82) is 0 Å². The van der Waals surface area contributed by atoms with Crippen molar-refractivity contribution in [1.82, 2.24) is 4.90 Å². The average molecular weight is 478 g/mol. The summed E-state index contributed by atoms with van der Waals surface area (Å²) in [6.45, 7) is 0.